The second kappa shape index (κ2) is 7.66. The largest absolute Gasteiger partial charge is 0.450 e. The SMILES string of the molecule is CC(=O)c1sc(N2C(=O)c3oc4ccc(F)cc4c(=O)c3C2c2ccc([N+](=O)[O-])cc2)nc1C. The van der Waals surface area contributed by atoms with Crippen LogP contribution in [0.15, 0.2) is 51.7 Å². The van der Waals surface area contributed by atoms with Crippen molar-refractivity contribution in [2.24, 2.45) is 0 Å². The lowest BCUT2D eigenvalue weighted by Gasteiger charge is -2.22. The standard InChI is InChI=1S/C23H14FN3O6S/c1-10-21(11(2)28)34-23(25-10)26-18(12-3-6-14(7-4-12)27(31)32)17-19(29)15-9-13(24)5-8-16(15)33-20(17)22(26)30/h3-9,18H,1-2H3. The number of benzene rings is 2. The van der Waals surface area contributed by atoms with Crippen LogP contribution >= 0.6 is 11.3 Å². The summed E-state index contributed by atoms with van der Waals surface area (Å²) in [6.07, 6.45) is 0. The topological polar surface area (TPSA) is 124 Å². The summed E-state index contributed by atoms with van der Waals surface area (Å²) in [7, 11) is 0. The van der Waals surface area contributed by atoms with Gasteiger partial charge in [0.2, 0.25) is 5.76 Å². The number of anilines is 1. The summed E-state index contributed by atoms with van der Waals surface area (Å²) >= 11 is 0.991. The number of thiazole rings is 1. The minimum absolute atomic E-state index is 0.0332. The lowest BCUT2D eigenvalue weighted by molar-refractivity contribution is -0.384. The monoisotopic (exact) mass is 479 g/mol. The number of halogens is 1. The molecule has 0 N–H and O–H groups in total. The molecule has 170 valence electrons. The zero-order valence-corrected chi connectivity index (χ0v) is 18.5. The number of amides is 1. The van der Waals surface area contributed by atoms with Gasteiger partial charge in [-0.2, -0.15) is 0 Å². The maximum atomic E-state index is 13.9. The summed E-state index contributed by atoms with van der Waals surface area (Å²) < 4.78 is 19.6. The van der Waals surface area contributed by atoms with E-state index in [9.17, 15) is 28.9 Å². The quantitative estimate of drug-likeness (QED) is 0.239. The molecule has 3 heterocycles. The molecule has 1 aliphatic rings. The predicted molar refractivity (Wildman–Crippen MR) is 121 cm³/mol. The van der Waals surface area contributed by atoms with Gasteiger partial charge in [0.15, 0.2) is 16.3 Å². The first kappa shape index (κ1) is 21.6. The molecule has 9 nitrogen and oxygen atoms in total. The third-order valence-electron chi connectivity index (χ3n) is 5.56. The van der Waals surface area contributed by atoms with Crippen LogP contribution in [0.25, 0.3) is 11.0 Å². The highest BCUT2D eigenvalue weighted by atomic mass is 32.1. The Morgan fingerprint density at radius 3 is 2.53 bits per heavy atom. The van der Waals surface area contributed by atoms with Crippen molar-refractivity contribution in [3.05, 3.63) is 96.1 Å². The highest BCUT2D eigenvalue weighted by Gasteiger charge is 2.45. The number of ketones is 1. The second-order valence-corrected chi connectivity index (χ2v) is 8.69. The van der Waals surface area contributed by atoms with E-state index >= 15 is 0 Å². The number of carbonyl (C=O) groups excluding carboxylic acids is 2. The molecule has 0 saturated heterocycles. The average molecular weight is 479 g/mol. The van der Waals surface area contributed by atoms with Crippen LogP contribution in [-0.4, -0.2) is 21.6 Å². The zero-order valence-electron chi connectivity index (χ0n) is 17.7. The van der Waals surface area contributed by atoms with Gasteiger partial charge < -0.3 is 4.42 Å². The van der Waals surface area contributed by atoms with Crippen LogP contribution in [0, 0.1) is 22.9 Å². The van der Waals surface area contributed by atoms with Gasteiger partial charge in [-0.1, -0.05) is 11.3 Å². The van der Waals surface area contributed by atoms with E-state index in [-0.39, 0.29) is 38.9 Å². The minimum atomic E-state index is -1.04. The normalized spacial score (nSPS) is 15.1. The van der Waals surface area contributed by atoms with Crippen LogP contribution < -0.4 is 10.3 Å². The number of rotatable bonds is 4. The molecule has 0 spiro atoms. The molecule has 2 aromatic carbocycles. The Morgan fingerprint density at radius 1 is 1.21 bits per heavy atom. The van der Waals surface area contributed by atoms with Crippen molar-refractivity contribution in [1.29, 1.82) is 0 Å². The first-order valence-corrected chi connectivity index (χ1v) is 10.8. The lowest BCUT2D eigenvalue weighted by atomic mass is 9.98. The fourth-order valence-corrected chi connectivity index (χ4v) is 5.04. The van der Waals surface area contributed by atoms with E-state index in [1.807, 2.05) is 0 Å². The fraction of sp³-hybridized carbons (Fsp3) is 0.130. The summed E-state index contributed by atoms with van der Waals surface area (Å²) in [4.78, 5) is 55.4. The van der Waals surface area contributed by atoms with Gasteiger partial charge in [0.1, 0.15) is 11.4 Å². The van der Waals surface area contributed by atoms with Crippen LogP contribution in [0.3, 0.4) is 0 Å². The van der Waals surface area contributed by atoms with Crippen LogP contribution in [0.4, 0.5) is 15.2 Å². The van der Waals surface area contributed by atoms with Crippen molar-refractivity contribution in [1.82, 2.24) is 4.98 Å². The number of non-ortho nitro benzene ring substituents is 1. The number of fused-ring (bicyclic) bond motifs is 2. The average Bonchev–Trinajstić information content (AvgIpc) is 3.32. The van der Waals surface area contributed by atoms with E-state index in [1.54, 1.807) is 6.92 Å². The maximum Gasteiger partial charge on any atom is 0.297 e. The van der Waals surface area contributed by atoms with Crippen molar-refractivity contribution >= 4 is 44.8 Å². The Morgan fingerprint density at radius 2 is 1.91 bits per heavy atom. The summed E-state index contributed by atoms with van der Waals surface area (Å²) in [5, 5.41) is 11.2. The van der Waals surface area contributed by atoms with Gasteiger partial charge in [0.05, 0.1) is 32.5 Å². The van der Waals surface area contributed by atoms with Gasteiger partial charge in [0, 0.05) is 19.1 Å². The highest BCUT2D eigenvalue weighted by Crippen LogP contribution is 2.43. The van der Waals surface area contributed by atoms with E-state index in [0.717, 1.165) is 23.5 Å². The third kappa shape index (κ3) is 3.20. The number of aryl methyl sites for hydroxylation is 1. The van der Waals surface area contributed by atoms with Crippen molar-refractivity contribution in [2.45, 2.75) is 19.9 Å². The molecule has 0 aliphatic carbocycles. The predicted octanol–water partition coefficient (Wildman–Crippen LogP) is 4.56. The third-order valence-corrected chi connectivity index (χ3v) is 6.82. The van der Waals surface area contributed by atoms with Crippen molar-refractivity contribution in [3.8, 4) is 0 Å². The molecule has 0 fully saturated rings. The Kier molecular flexibility index (Phi) is 4.87. The Hall–Kier alpha value is -4.25. The van der Waals surface area contributed by atoms with E-state index in [4.69, 9.17) is 4.42 Å². The molecule has 5 rings (SSSR count). The van der Waals surface area contributed by atoms with Gasteiger partial charge in [-0.3, -0.25) is 29.4 Å². The van der Waals surface area contributed by atoms with E-state index in [1.165, 1.54) is 42.2 Å². The van der Waals surface area contributed by atoms with Gasteiger partial charge in [0.25, 0.3) is 11.6 Å². The molecular formula is C23H14FN3O6S. The number of aromatic nitrogens is 1. The van der Waals surface area contributed by atoms with Crippen LogP contribution in [0.5, 0.6) is 0 Å². The number of nitro groups is 1. The molecule has 11 heteroatoms. The molecular weight excluding hydrogens is 465 g/mol. The molecule has 0 saturated carbocycles. The molecule has 1 atom stereocenters. The Balaban J connectivity index is 1.79. The second-order valence-electron chi connectivity index (χ2n) is 7.71. The first-order valence-electron chi connectivity index (χ1n) is 10.00. The maximum absolute atomic E-state index is 13.9. The van der Waals surface area contributed by atoms with E-state index in [0.29, 0.717) is 16.1 Å². The van der Waals surface area contributed by atoms with Gasteiger partial charge >= 0.3 is 0 Å². The number of nitrogens with zero attached hydrogens (tertiary/aromatic N) is 3. The number of hydrogen-bond donors (Lipinski definition) is 0. The molecule has 1 aliphatic heterocycles. The molecule has 1 unspecified atom stereocenters. The smallest absolute Gasteiger partial charge is 0.297 e. The Bertz CT molecular complexity index is 1590. The Labute approximate surface area is 194 Å². The minimum Gasteiger partial charge on any atom is -0.450 e. The van der Waals surface area contributed by atoms with Crippen molar-refractivity contribution < 1.29 is 23.3 Å². The molecule has 34 heavy (non-hydrogen) atoms. The zero-order chi connectivity index (χ0) is 24.3. The highest BCUT2D eigenvalue weighted by molar-refractivity contribution is 7.17. The van der Waals surface area contributed by atoms with Gasteiger partial charge in [-0.25, -0.2) is 9.37 Å². The molecule has 2 aromatic heterocycles. The van der Waals surface area contributed by atoms with Crippen molar-refractivity contribution in [2.75, 3.05) is 4.90 Å². The summed E-state index contributed by atoms with van der Waals surface area (Å²) in [5.74, 6) is -1.77. The fourth-order valence-electron chi connectivity index (χ4n) is 4.05. The first-order chi connectivity index (χ1) is 16.2. The van der Waals surface area contributed by atoms with Gasteiger partial charge in [-0.15, -0.1) is 0 Å². The van der Waals surface area contributed by atoms with Crippen LogP contribution in [0.1, 0.15) is 50.0 Å². The molecule has 0 bridgehead atoms. The summed E-state index contributed by atoms with van der Waals surface area (Å²) in [6, 6.07) is 7.75. The molecule has 1 amide bonds. The molecule has 4 aromatic rings. The number of hydrogen-bond acceptors (Lipinski definition) is 8. The number of Topliss-reactive ketones (excluding diaryl/α,β-unsaturated/α-hetero) is 1. The van der Waals surface area contributed by atoms with Crippen LogP contribution in [0.2, 0.25) is 0 Å². The molecule has 0 radical (unpaired) electrons. The van der Waals surface area contributed by atoms with Gasteiger partial charge in [-0.05, 0) is 42.8 Å². The van der Waals surface area contributed by atoms with E-state index in [2.05, 4.69) is 4.98 Å². The lowest BCUT2D eigenvalue weighted by Crippen LogP contribution is -2.29. The van der Waals surface area contributed by atoms with E-state index < -0.39 is 28.1 Å². The number of nitro benzene ring substituents is 1. The van der Waals surface area contributed by atoms with Crippen LogP contribution in [-0.2, 0) is 0 Å². The van der Waals surface area contributed by atoms with Crippen molar-refractivity contribution in [3.63, 3.8) is 0 Å². The summed E-state index contributed by atoms with van der Waals surface area (Å²) in [5.41, 5.74) is 0.0476. The summed E-state index contributed by atoms with van der Waals surface area (Å²) in [6.45, 7) is 3.01. The number of carbonyl (C=O) groups is 2.